The van der Waals surface area contributed by atoms with Gasteiger partial charge in [0, 0.05) is 22.4 Å². The molecule has 2 heterocycles. The van der Waals surface area contributed by atoms with Crippen molar-refractivity contribution < 1.29 is 52.5 Å². The number of ketones is 1. The van der Waals surface area contributed by atoms with Gasteiger partial charge in [-0.1, -0.05) is 18.2 Å². The predicted molar refractivity (Wildman–Crippen MR) is 128 cm³/mol. The van der Waals surface area contributed by atoms with Crippen LogP contribution in [0.25, 0.3) is 0 Å². The first-order chi connectivity index (χ1) is 18.6. The van der Waals surface area contributed by atoms with E-state index in [1.807, 2.05) is 18.2 Å². The minimum atomic E-state index is -2.42. The van der Waals surface area contributed by atoms with Crippen LogP contribution in [0.4, 0.5) is 0 Å². The third-order valence-electron chi connectivity index (χ3n) is 8.21. The van der Waals surface area contributed by atoms with Gasteiger partial charge < -0.3 is 28.6 Å². The summed E-state index contributed by atoms with van der Waals surface area (Å²) < 4.78 is 25.0. The molecule has 5 aliphatic rings. The Morgan fingerprint density at radius 1 is 0.872 bits per heavy atom. The maximum Gasteiger partial charge on any atom is 0.341 e. The number of rotatable bonds is 5. The Bertz CT molecular complexity index is 1430. The number of esters is 5. The number of carbonyl (C=O) groups excluding carboxylic acids is 6. The molecule has 5 rings (SSSR count). The van der Waals surface area contributed by atoms with Crippen LogP contribution >= 0.6 is 0 Å². The largest absolute Gasteiger partial charge is 0.469 e. The zero-order valence-electron chi connectivity index (χ0n) is 21.8. The van der Waals surface area contributed by atoms with Crippen molar-refractivity contribution in [2.24, 2.45) is 17.3 Å². The van der Waals surface area contributed by atoms with Crippen molar-refractivity contribution in [3.63, 3.8) is 0 Å². The van der Waals surface area contributed by atoms with Gasteiger partial charge in [0.15, 0.2) is 11.3 Å². The fourth-order valence-electron chi connectivity index (χ4n) is 6.60. The molecule has 0 amide bonds. The van der Waals surface area contributed by atoms with Crippen molar-refractivity contribution in [2.75, 3.05) is 35.5 Å². The molecule has 4 unspecified atom stereocenters. The molecule has 0 saturated carbocycles. The molecule has 0 saturated heterocycles. The van der Waals surface area contributed by atoms with E-state index in [-0.39, 0.29) is 5.57 Å². The smallest absolute Gasteiger partial charge is 0.341 e. The van der Waals surface area contributed by atoms with Crippen molar-refractivity contribution in [1.29, 1.82) is 0 Å². The maximum atomic E-state index is 14.2. The van der Waals surface area contributed by atoms with Crippen LogP contribution < -0.4 is 0 Å². The molecule has 0 radical (unpaired) electrons. The molecule has 2 aliphatic heterocycles. The quantitative estimate of drug-likeness (QED) is 0.206. The molecule has 0 fully saturated rings. The molecule has 4 atom stereocenters. The van der Waals surface area contributed by atoms with Crippen LogP contribution in [0.3, 0.4) is 0 Å². The van der Waals surface area contributed by atoms with Gasteiger partial charge in [0.2, 0.25) is 0 Å². The van der Waals surface area contributed by atoms with Crippen molar-refractivity contribution in [3.8, 4) is 0 Å². The van der Waals surface area contributed by atoms with Gasteiger partial charge in [-0.15, -0.1) is 0 Å². The Labute approximate surface area is 222 Å². The summed E-state index contributed by atoms with van der Waals surface area (Å²) in [6.07, 6.45) is 8.22. The molecular formula is C27H25NO11. The highest BCUT2D eigenvalue weighted by molar-refractivity contribution is 6.28. The highest BCUT2D eigenvalue weighted by atomic mass is 16.5. The number of Topliss-reactive ketones (excluding diaryl/α,β-unsaturated/α-hetero) is 1. The van der Waals surface area contributed by atoms with Crippen molar-refractivity contribution in [3.05, 3.63) is 58.0 Å². The molecule has 3 aliphatic carbocycles. The van der Waals surface area contributed by atoms with E-state index in [1.165, 1.54) is 11.0 Å². The minimum absolute atomic E-state index is 0.343. The van der Waals surface area contributed by atoms with Crippen LogP contribution in [-0.4, -0.2) is 81.6 Å². The summed E-state index contributed by atoms with van der Waals surface area (Å²) in [5.74, 6) is -10.8. The summed E-state index contributed by atoms with van der Waals surface area (Å²) in [6.45, 7) is 0. The van der Waals surface area contributed by atoms with Gasteiger partial charge in [0.1, 0.15) is 17.4 Å². The number of ether oxygens (including phenoxy) is 5. The number of nitrogens with zero attached hydrogens (tertiary/aromatic N) is 1. The van der Waals surface area contributed by atoms with E-state index in [2.05, 4.69) is 0 Å². The van der Waals surface area contributed by atoms with Crippen LogP contribution in [0.2, 0.25) is 0 Å². The van der Waals surface area contributed by atoms with Crippen LogP contribution in [0.1, 0.15) is 12.8 Å². The summed E-state index contributed by atoms with van der Waals surface area (Å²) in [7, 11) is 5.15. The highest BCUT2D eigenvalue weighted by Crippen LogP contribution is 2.67. The Balaban J connectivity index is 2.04. The topological polar surface area (TPSA) is 152 Å². The van der Waals surface area contributed by atoms with Gasteiger partial charge in [-0.05, 0) is 24.5 Å². The lowest BCUT2D eigenvalue weighted by molar-refractivity contribution is -0.175. The molecule has 12 heteroatoms. The van der Waals surface area contributed by atoms with Gasteiger partial charge in [-0.3, -0.25) is 14.4 Å². The van der Waals surface area contributed by atoms with Crippen LogP contribution in [-0.2, 0) is 52.5 Å². The Kier molecular flexibility index (Phi) is 5.89. The maximum absolute atomic E-state index is 14.2. The number of fused-ring (bicyclic) bond motifs is 4. The van der Waals surface area contributed by atoms with Crippen LogP contribution in [0.15, 0.2) is 58.0 Å². The average molecular weight is 539 g/mol. The van der Waals surface area contributed by atoms with Crippen molar-refractivity contribution >= 4 is 35.6 Å². The van der Waals surface area contributed by atoms with E-state index in [0.29, 0.717) is 24.2 Å². The van der Waals surface area contributed by atoms with Gasteiger partial charge in [0.05, 0.1) is 41.1 Å². The summed E-state index contributed by atoms with van der Waals surface area (Å²) in [5, 5.41) is 0. The molecular weight excluding hydrogens is 514 g/mol. The number of hydrogen-bond donors (Lipinski definition) is 0. The van der Waals surface area contributed by atoms with E-state index in [0.717, 1.165) is 41.1 Å². The van der Waals surface area contributed by atoms with Crippen LogP contribution in [0.5, 0.6) is 0 Å². The van der Waals surface area contributed by atoms with Gasteiger partial charge >= 0.3 is 29.8 Å². The normalized spacial score (nSPS) is 29.7. The average Bonchev–Trinajstić information content (AvgIpc) is 3.47. The second-order valence-corrected chi connectivity index (χ2v) is 9.53. The van der Waals surface area contributed by atoms with Gasteiger partial charge in [-0.25, -0.2) is 14.4 Å². The lowest BCUT2D eigenvalue weighted by Gasteiger charge is -2.54. The number of carbonyl (C=O) groups is 6. The fourth-order valence-corrected chi connectivity index (χ4v) is 6.60. The number of allylic oxidation sites excluding steroid dienone is 5. The van der Waals surface area contributed by atoms with Crippen LogP contribution in [0, 0.1) is 17.3 Å². The molecule has 0 bridgehead atoms. The zero-order valence-corrected chi connectivity index (χ0v) is 21.8. The van der Waals surface area contributed by atoms with E-state index < -0.39 is 69.6 Å². The van der Waals surface area contributed by atoms with Gasteiger partial charge in [-0.2, -0.15) is 0 Å². The fraction of sp³-hybridized carbons (Fsp3) is 0.407. The number of hydrogen-bond acceptors (Lipinski definition) is 12. The Morgan fingerprint density at radius 2 is 1.54 bits per heavy atom. The first-order valence-corrected chi connectivity index (χ1v) is 12.0. The predicted octanol–water partition coefficient (Wildman–Crippen LogP) is 0.446. The number of methoxy groups -OCH3 is 5. The van der Waals surface area contributed by atoms with Crippen molar-refractivity contribution in [1.82, 2.24) is 4.90 Å². The molecule has 12 nitrogen and oxygen atoms in total. The first kappa shape index (κ1) is 26.1. The van der Waals surface area contributed by atoms with E-state index in [9.17, 15) is 28.8 Å². The summed E-state index contributed by atoms with van der Waals surface area (Å²) in [4.78, 5) is 82.9. The first-order valence-electron chi connectivity index (χ1n) is 12.0. The molecule has 204 valence electrons. The zero-order chi connectivity index (χ0) is 28.4. The third-order valence-corrected chi connectivity index (χ3v) is 8.21. The second-order valence-electron chi connectivity index (χ2n) is 9.53. The molecule has 0 aromatic heterocycles. The van der Waals surface area contributed by atoms with Gasteiger partial charge in [0.25, 0.3) is 0 Å². The molecule has 0 aromatic rings. The molecule has 1 spiro atoms. The lowest BCUT2D eigenvalue weighted by Crippen LogP contribution is -2.70. The van der Waals surface area contributed by atoms with E-state index in [4.69, 9.17) is 23.7 Å². The minimum Gasteiger partial charge on any atom is -0.469 e. The summed E-state index contributed by atoms with van der Waals surface area (Å²) in [6, 6.07) is 0. The molecule has 39 heavy (non-hydrogen) atoms. The summed E-state index contributed by atoms with van der Waals surface area (Å²) in [5.41, 5.74) is -2.86. The standard InChI is InChI=1S/C27H25NO11/c1-35-21(30)12-11-14-13-7-6-9-26(13)10-8-15(26)28(14)27(25(34)39-5)18(12)16(22(31)36-2)20(29)17(23(32)37-3)19(27)24(33)38-4/h6-8,11,17,19H,9-10H2,1-5H3. The molecule has 0 N–H and O–H groups in total. The monoisotopic (exact) mass is 539 g/mol. The SMILES string of the molecule is COC(=O)C1=CC2=C3C=CCC34CC=C4N2C2(C(=O)OC)C1=C(C(=O)OC)C(=O)C(C(=O)OC)C2C(=O)OC. The van der Waals surface area contributed by atoms with E-state index >= 15 is 0 Å². The summed E-state index contributed by atoms with van der Waals surface area (Å²) >= 11 is 0. The Hall–Kier alpha value is -4.48. The van der Waals surface area contributed by atoms with E-state index in [1.54, 1.807) is 0 Å². The lowest BCUT2D eigenvalue weighted by atomic mass is 9.58. The molecule has 0 aromatic carbocycles. The second kappa shape index (κ2) is 8.79. The Morgan fingerprint density at radius 3 is 2.08 bits per heavy atom. The highest BCUT2D eigenvalue weighted by Gasteiger charge is 2.74. The third kappa shape index (κ3) is 2.94. The van der Waals surface area contributed by atoms with Crippen molar-refractivity contribution in [2.45, 2.75) is 18.4 Å².